The van der Waals surface area contributed by atoms with E-state index in [9.17, 15) is 4.79 Å². The lowest BCUT2D eigenvalue weighted by Gasteiger charge is -2.24. The molecule has 0 fully saturated rings. The predicted octanol–water partition coefficient (Wildman–Crippen LogP) is 1.99. The minimum absolute atomic E-state index is 0.292. The zero-order valence-corrected chi connectivity index (χ0v) is 12.4. The molecule has 1 aromatic heterocycles. The van der Waals surface area contributed by atoms with E-state index in [2.05, 4.69) is 24.3 Å². The summed E-state index contributed by atoms with van der Waals surface area (Å²) >= 11 is 0. The number of amides is 1. The number of hydrogen-bond donors (Lipinski definition) is 2. The summed E-state index contributed by atoms with van der Waals surface area (Å²) in [6.45, 7) is 8.92. The van der Waals surface area contributed by atoms with Crippen molar-refractivity contribution in [2.24, 2.45) is 5.73 Å². The highest BCUT2D eigenvalue weighted by molar-refractivity contribution is 5.74. The van der Waals surface area contributed by atoms with Crippen molar-refractivity contribution in [3.05, 3.63) is 18.0 Å². The molecule has 0 saturated carbocycles. The quantitative estimate of drug-likeness (QED) is 0.755. The molecule has 0 spiro atoms. The molecule has 0 saturated heterocycles. The average Bonchev–Trinajstić information content (AvgIpc) is 2.75. The van der Waals surface area contributed by atoms with Gasteiger partial charge in [0.25, 0.3) is 0 Å². The van der Waals surface area contributed by atoms with Crippen molar-refractivity contribution in [3.63, 3.8) is 0 Å². The van der Waals surface area contributed by atoms with Crippen molar-refractivity contribution in [2.45, 2.75) is 65.1 Å². The molecule has 0 atom stereocenters. The molecule has 1 heterocycles. The Bertz CT molecular complexity index is 407. The Hall–Kier alpha value is -1.36. The molecule has 5 nitrogen and oxygen atoms in total. The standard InChI is InChI=1S/C14H26N4O/c1-5-12(6-2)18-8-7-11(17-18)10-16-14(3,4)9-13(15)19/h7-8,12,16H,5-6,9-10H2,1-4H3,(H2,15,19). The van der Waals surface area contributed by atoms with Crippen LogP contribution in [0.25, 0.3) is 0 Å². The van der Waals surface area contributed by atoms with Gasteiger partial charge >= 0.3 is 0 Å². The number of primary amides is 1. The molecular formula is C14H26N4O. The second-order valence-corrected chi connectivity index (χ2v) is 5.64. The molecule has 0 aliphatic carbocycles. The summed E-state index contributed by atoms with van der Waals surface area (Å²) in [4.78, 5) is 11.0. The Labute approximate surface area is 115 Å². The third-order valence-electron chi connectivity index (χ3n) is 3.34. The van der Waals surface area contributed by atoms with Gasteiger partial charge in [-0.05, 0) is 32.8 Å². The van der Waals surface area contributed by atoms with Gasteiger partial charge in [0.05, 0.1) is 11.7 Å². The zero-order chi connectivity index (χ0) is 14.5. The lowest BCUT2D eigenvalue weighted by atomic mass is 10.0. The van der Waals surface area contributed by atoms with Gasteiger partial charge < -0.3 is 11.1 Å². The maximum atomic E-state index is 11.0. The van der Waals surface area contributed by atoms with Crippen LogP contribution in [0.2, 0.25) is 0 Å². The van der Waals surface area contributed by atoms with Gasteiger partial charge in [-0.25, -0.2) is 0 Å². The van der Waals surface area contributed by atoms with Crippen molar-refractivity contribution in [1.29, 1.82) is 0 Å². The van der Waals surface area contributed by atoms with E-state index < -0.39 is 0 Å². The number of carbonyl (C=O) groups excluding carboxylic acids is 1. The summed E-state index contributed by atoms with van der Waals surface area (Å²) in [7, 11) is 0. The minimum atomic E-state index is -0.301. The van der Waals surface area contributed by atoms with Crippen LogP contribution in [0.15, 0.2) is 12.3 Å². The topological polar surface area (TPSA) is 72.9 Å². The van der Waals surface area contributed by atoms with Crippen LogP contribution in [0.5, 0.6) is 0 Å². The Morgan fingerprint density at radius 3 is 2.63 bits per heavy atom. The monoisotopic (exact) mass is 266 g/mol. The second kappa shape index (κ2) is 6.70. The SMILES string of the molecule is CCC(CC)n1ccc(CNC(C)(C)CC(N)=O)n1. The lowest BCUT2D eigenvalue weighted by molar-refractivity contribution is -0.119. The molecule has 1 amide bonds. The normalized spacial score (nSPS) is 12.1. The van der Waals surface area contributed by atoms with E-state index in [4.69, 9.17) is 5.73 Å². The molecular weight excluding hydrogens is 240 g/mol. The molecule has 19 heavy (non-hydrogen) atoms. The van der Waals surface area contributed by atoms with Crippen LogP contribution >= 0.6 is 0 Å². The summed E-state index contributed by atoms with van der Waals surface area (Å²) in [6, 6.07) is 2.48. The van der Waals surface area contributed by atoms with E-state index >= 15 is 0 Å². The smallest absolute Gasteiger partial charge is 0.219 e. The molecule has 1 aromatic rings. The van der Waals surface area contributed by atoms with Crippen molar-refractivity contribution < 1.29 is 4.79 Å². The Balaban J connectivity index is 2.57. The van der Waals surface area contributed by atoms with Gasteiger partial charge in [0.15, 0.2) is 0 Å². The van der Waals surface area contributed by atoms with Crippen LogP contribution in [0, 0.1) is 0 Å². The minimum Gasteiger partial charge on any atom is -0.370 e. The fourth-order valence-corrected chi connectivity index (χ4v) is 2.17. The first-order chi connectivity index (χ1) is 8.88. The number of nitrogens with one attached hydrogen (secondary N) is 1. The molecule has 0 radical (unpaired) electrons. The molecule has 0 aliphatic heterocycles. The van der Waals surface area contributed by atoms with Gasteiger partial charge in [-0.1, -0.05) is 13.8 Å². The molecule has 0 aliphatic rings. The number of carbonyl (C=O) groups is 1. The highest BCUT2D eigenvalue weighted by Crippen LogP contribution is 2.15. The van der Waals surface area contributed by atoms with E-state index in [0.717, 1.165) is 18.5 Å². The third kappa shape index (κ3) is 5.03. The molecule has 0 aromatic carbocycles. The van der Waals surface area contributed by atoms with Gasteiger partial charge in [0.1, 0.15) is 0 Å². The van der Waals surface area contributed by atoms with Crippen molar-refractivity contribution in [2.75, 3.05) is 0 Å². The van der Waals surface area contributed by atoms with Crippen molar-refractivity contribution in [1.82, 2.24) is 15.1 Å². The highest BCUT2D eigenvalue weighted by Gasteiger charge is 2.20. The summed E-state index contributed by atoms with van der Waals surface area (Å²) < 4.78 is 2.03. The Kier molecular flexibility index (Phi) is 5.54. The first-order valence-corrected chi connectivity index (χ1v) is 6.95. The fourth-order valence-electron chi connectivity index (χ4n) is 2.17. The molecule has 5 heteroatoms. The molecule has 108 valence electrons. The van der Waals surface area contributed by atoms with Crippen LogP contribution in [-0.4, -0.2) is 21.2 Å². The van der Waals surface area contributed by atoms with E-state index in [-0.39, 0.29) is 11.4 Å². The lowest BCUT2D eigenvalue weighted by Crippen LogP contribution is -2.42. The van der Waals surface area contributed by atoms with Crippen molar-refractivity contribution in [3.8, 4) is 0 Å². The largest absolute Gasteiger partial charge is 0.370 e. The van der Waals surface area contributed by atoms with E-state index in [1.54, 1.807) is 0 Å². The molecule has 1 rings (SSSR count). The maximum Gasteiger partial charge on any atom is 0.219 e. The van der Waals surface area contributed by atoms with Crippen LogP contribution in [0.1, 0.15) is 58.7 Å². The molecule has 0 bridgehead atoms. The van der Waals surface area contributed by atoms with E-state index in [1.165, 1.54) is 0 Å². The summed E-state index contributed by atoms with van der Waals surface area (Å²) in [5.74, 6) is -0.292. The first-order valence-electron chi connectivity index (χ1n) is 6.95. The molecule has 0 unspecified atom stereocenters. The van der Waals surface area contributed by atoms with Gasteiger partial charge in [0.2, 0.25) is 5.91 Å². The molecule has 3 N–H and O–H groups in total. The zero-order valence-electron chi connectivity index (χ0n) is 12.4. The van der Waals surface area contributed by atoms with Crippen LogP contribution < -0.4 is 11.1 Å². The van der Waals surface area contributed by atoms with Gasteiger partial charge in [0, 0.05) is 24.7 Å². The summed E-state index contributed by atoms with van der Waals surface area (Å²) in [6.07, 6.45) is 4.51. The van der Waals surface area contributed by atoms with Gasteiger partial charge in [-0.2, -0.15) is 5.10 Å². The van der Waals surface area contributed by atoms with Crippen molar-refractivity contribution >= 4 is 5.91 Å². The van der Waals surface area contributed by atoms with Gasteiger partial charge in [-0.15, -0.1) is 0 Å². The average molecular weight is 266 g/mol. The number of aromatic nitrogens is 2. The number of hydrogen-bond acceptors (Lipinski definition) is 3. The van der Waals surface area contributed by atoms with Crippen LogP contribution in [0.3, 0.4) is 0 Å². The number of rotatable bonds is 8. The predicted molar refractivity (Wildman–Crippen MR) is 76.6 cm³/mol. The van der Waals surface area contributed by atoms with E-state index in [0.29, 0.717) is 19.0 Å². The first kappa shape index (κ1) is 15.7. The third-order valence-corrected chi connectivity index (χ3v) is 3.34. The van der Waals surface area contributed by atoms with Crippen LogP contribution in [0.4, 0.5) is 0 Å². The maximum absolute atomic E-state index is 11.0. The fraction of sp³-hybridized carbons (Fsp3) is 0.714. The summed E-state index contributed by atoms with van der Waals surface area (Å²) in [5.41, 5.74) is 5.92. The number of nitrogens with zero attached hydrogens (tertiary/aromatic N) is 2. The Morgan fingerprint density at radius 1 is 1.47 bits per heavy atom. The summed E-state index contributed by atoms with van der Waals surface area (Å²) in [5, 5.41) is 7.89. The van der Waals surface area contributed by atoms with Crippen LogP contribution in [-0.2, 0) is 11.3 Å². The van der Waals surface area contributed by atoms with E-state index in [1.807, 2.05) is 30.8 Å². The highest BCUT2D eigenvalue weighted by atomic mass is 16.1. The second-order valence-electron chi connectivity index (χ2n) is 5.64. The number of nitrogens with two attached hydrogens (primary N) is 1. The van der Waals surface area contributed by atoms with Gasteiger partial charge in [-0.3, -0.25) is 9.48 Å². The Morgan fingerprint density at radius 2 is 2.11 bits per heavy atom.